The number of amides is 1. The van der Waals surface area contributed by atoms with Crippen LogP contribution in [-0.2, 0) is 4.79 Å². The van der Waals surface area contributed by atoms with Crippen molar-refractivity contribution in [1.82, 2.24) is 9.47 Å². The Hall–Kier alpha value is -1.20. The summed E-state index contributed by atoms with van der Waals surface area (Å²) in [4.78, 5) is 13.4. The molecule has 2 aromatic rings. The maximum Gasteiger partial charge on any atom is 0.233 e. The maximum atomic E-state index is 11.6. The Labute approximate surface area is 124 Å². The van der Waals surface area contributed by atoms with Gasteiger partial charge in [0.25, 0.3) is 0 Å². The lowest BCUT2D eigenvalue weighted by atomic mass is 10.3. The highest BCUT2D eigenvalue weighted by molar-refractivity contribution is 9.10. The number of nitrogens with zero attached hydrogens (tertiary/aromatic N) is 2. The van der Waals surface area contributed by atoms with E-state index in [0.717, 1.165) is 10.2 Å². The van der Waals surface area contributed by atoms with Crippen LogP contribution in [0.3, 0.4) is 0 Å². The van der Waals surface area contributed by atoms with Crippen molar-refractivity contribution in [1.29, 1.82) is 0 Å². The third-order valence-corrected chi connectivity index (χ3v) is 5.08. The molecule has 0 N–H and O–H groups in total. The second-order valence-electron chi connectivity index (χ2n) is 4.50. The molecule has 0 saturated carbocycles. The summed E-state index contributed by atoms with van der Waals surface area (Å²) in [5.41, 5.74) is 2.28. The van der Waals surface area contributed by atoms with Crippen LogP contribution in [-0.4, -0.2) is 28.2 Å². The molecule has 0 spiro atoms. The molecule has 0 aliphatic carbocycles. The molecule has 5 heteroatoms. The molecule has 1 aliphatic rings. The Bertz CT molecular complexity index is 608. The lowest BCUT2D eigenvalue weighted by Crippen LogP contribution is -2.22. The van der Waals surface area contributed by atoms with Crippen LogP contribution in [0.1, 0.15) is 10.9 Å². The molecule has 1 amide bonds. The summed E-state index contributed by atoms with van der Waals surface area (Å²) < 4.78 is 3.15. The monoisotopic (exact) mass is 336 g/mol. The predicted octanol–water partition coefficient (Wildman–Crippen LogP) is 3.44. The topological polar surface area (TPSA) is 25.2 Å². The van der Waals surface area contributed by atoms with Crippen LogP contribution in [0.5, 0.6) is 0 Å². The molecule has 0 unspecified atom stereocenters. The fraction of sp³-hybridized carbons (Fsp3) is 0.214. The van der Waals surface area contributed by atoms with E-state index < -0.39 is 0 Å². The minimum Gasteiger partial charge on any atom is -0.329 e. The first kappa shape index (κ1) is 12.8. The van der Waals surface area contributed by atoms with Crippen LogP contribution >= 0.6 is 27.7 Å². The minimum atomic E-state index is 0.143. The molecule has 3 rings (SSSR count). The molecule has 19 heavy (non-hydrogen) atoms. The smallest absolute Gasteiger partial charge is 0.233 e. The van der Waals surface area contributed by atoms with Gasteiger partial charge in [-0.3, -0.25) is 4.79 Å². The van der Waals surface area contributed by atoms with E-state index in [9.17, 15) is 4.79 Å². The van der Waals surface area contributed by atoms with Crippen LogP contribution in [0.15, 0.2) is 47.2 Å². The van der Waals surface area contributed by atoms with Gasteiger partial charge in [0.1, 0.15) is 5.37 Å². The number of halogens is 1. The van der Waals surface area contributed by atoms with Crippen molar-refractivity contribution in [3.05, 3.63) is 52.8 Å². The molecule has 1 saturated heterocycles. The number of hydrogen-bond acceptors (Lipinski definition) is 2. The molecule has 0 bridgehead atoms. The van der Waals surface area contributed by atoms with Gasteiger partial charge in [0.15, 0.2) is 0 Å². The number of thioether (sulfide) groups is 1. The van der Waals surface area contributed by atoms with Gasteiger partial charge < -0.3 is 9.47 Å². The Morgan fingerprint density at radius 2 is 2.00 bits per heavy atom. The number of rotatable bonds is 2. The normalized spacial score (nSPS) is 19.2. The third kappa shape index (κ3) is 2.44. The summed E-state index contributed by atoms with van der Waals surface area (Å²) in [5.74, 6) is 0.774. The molecular weight excluding hydrogens is 324 g/mol. The van der Waals surface area contributed by atoms with Crippen molar-refractivity contribution >= 4 is 33.6 Å². The average molecular weight is 337 g/mol. The van der Waals surface area contributed by atoms with Gasteiger partial charge in [0.2, 0.25) is 5.91 Å². The molecule has 1 fully saturated rings. The molecule has 2 heterocycles. The quantitative estimate of drug-likeness (QED) is 0.839. The van der Waals surface area contributed by atoms with Gasteiger partial charge in [-0.2, -0.15) is 0 Å². The van der Waals surface area contributed by atoms with E-state index in [1.54, 1.807) is 11.8 Å². The molecule has 1 aromatic carbocycles. The highest BCUT2D eigenvalue weighted by Crippen LogP contribution is 2.37. The molecule has 0 radical (unpaired) electrons. The Morgan fingerprint density at radius 3 is 2.63 bits per heavy atom. The van der Waals surface area contributed by atoms with Crippen molar-refractivity contribution in [2.45, 2.75) is 5.37 Å². The zero-order chi connectivity index (χ0) is 13.4. The minimum absolute atomic E-state index is 0.143. The SMILES string of the molecule is CN1C(=O)CS[C@@H]1c1ccn(-c2ccc(Br)cc2)c1. The van der Waals surface area contributed by atoms with Crippen LogP contribution in [0, 0.1) is 0 Å². The number of aromatic nitrogens is 1. The lowest BCUT2D eigenvalue weighted by molar-refractivity contribution is -0.126. The second-order valence-corrected chi connectivity index (χ2v) is 6.48. The standard InChI is InChI=1S/C14H13BrN2OS/c1-16-13(18)9-19-14(16)10-6-7-17(8-10)12-4-2-11(15)3-5-12/h2-8,14H,9H2,1H3/t14-/m1/s1. The van der Waals surface area contributed by atoms with Crippen molar-refractivity contribution in [2.24, 2.45) is 0 Å². The van der Waals surface area contributed by atoms with Crippen LogP contribution < -0.4 is 0 Å². The van der Waals surface area contributed by atoms with Crippen molar-refractivity contribution < 1.29 is 4.79 Å². The first-order valence-electron chi connectivity index (χ1n) is 5.96. The molecule has 1 atom stereocenters. The van der Waals surface area contributed by atoms with E-state index in [0.29, 0.717) is 5.75 Å². The summed E-state index contributed by atoms with van der Waals surface area (Å²) in [6.07, 6.45) is 4.13. The van der Waals surface area contributed by atoms with Gasteiger partial charge in [0.05, 0.1) is 5.75 Å². The fourth-order valence-corrected chi connectivity index (χ4v) is 3.59. The first-order chi connectivity index (χ1) is 9.15. The molecular formula is C14H13BrN2OS. The van der Waals surface area contributed by atoms with E-state index in [1.165, 1.54) is 5.56 Å². The Kier molecular flexibility index (Phi) is 3.41. The molecule has 3 nitrogen and oxygen atoms in total. The van der Waals surface area contributed by atoms with Crippen molar-refractivity contribution in [3.63, 3.8) is 0 Å². The van der Waals surface area contributed by atoms with E-state index in [2.05, 4.69) is 44.9 Å². The average Bonchev–Trinajstić information content (AvgIpc) is 2.99. The highest BCUT2D eigenvalue weighted by Gasteiger charge is 2.30. The van der Waals surface area contributed by atoms with Crippen LogP contribution in [0.25, 0.3) is 5.69 Å². The van der Waals surface area contributed by atoms with Gasteiger partial charge in [0, 0.05) is 35.2 Å². The first-order valence-corrected chi connectivity index (χ1v) is 7.80. The molecule has 98 valence electrons. The van der Waals surface area contributed by atoms with Crippen LogP contribution in [0.2, 0.25) is 0 Å². The summed E-state index contributed by atoms with van der Waals surface area (Å²) in [6.45, 7) is 0. The maximum absolute atomic E-state index is 11.6. The number of carbonyl (C=O) groups excluding carboxylic acids is 1. The van der Waals surface area contributed by atoms with E-state index in [-0.39, 0.29) is 11.3 Å². The Morgan fingerprint density at radius 1 is 1.26 bits per heavy atom. The van der Waals surface area contributed by atoms with E-state index >= 15 is 0 Å². The van der Waals surface area contributed by atoms with Gasteiger partial charge >= 0.3 is 0 Å². The third-order valence-electron chi connectivity index (χ3n) is 3.24. The summed E-state index contributed by atoms with van der Waals surface area (Å²) in [5, 5.41) is 0.143. The number of benzene rings is 1. The van der Waals surface area contributed by atoms with Crippen molar-refractivity contribution in [2.75, 3.05) is 12.8 Å². The predicted molar refractivity (Wildman–Crippen MR) is 81.4 cm³/mol. The summed E-state index contributed by atoms with van der Waals surface area (Å²) in [7, 11) is 1.87. The van der Waals surface area contributed by atoms with Crippen LogP contribution in [0.4, 0.5) is 0 Å². The second kappa shape index (κ2) is 5.06. The number of hydrogen-bond donors (Lipinski definition) is 0. The zero-order valence-corrected chi connectivity index (χ0v) is 12.8. The number of carbonyl (C=O) groups is 1. The van der Waals surface area contributed by atoms with Gasteiger partial charge in [-0.15, -0.1) is 11.8 Å². The Balaban J connectivity index is 1.87. The fourth-order valence-electron chi connectivity index (χ4n) is 2.15. The zero-order valence-electron chi connectivity index (χ0n) is 10.4. The largest absolute Gasteiger partial charge is 0.329 e. The lowest BCUT2D eigenvalue weighted by Gasteiger charge is -2.17. The van der Waals surface area contributed by atoms with Gasteiger partial charge in [-0.1, -0.05) is 15.9 Å². The molecule has 1 aromatic heterocycles. The van der Waals surface area contributed by atoms with Gasteiger partial charge in [-0.05, 0) is 30.3 Å². The molecule has 1 aliphatic heterocycles. The van der Waals surface area contributed by atoms with Gasteiger partial charge in [-0.25, -0.2) is 0 Å². The summed E-state index contributed by atoms with van der Waals surface area (Å²) in [6, 6.07) is 10.2. The van der Waals surface area contributed by atoms with E-state index in [4.69, 9.17) is 0 Å². The highest BCUT2D eigenvalue weighted by atomic mass is 79.9. The van der Waals surface area contributed by atoms with E-state index in [1.807, 2.05) is 30.3 Å². The van der Waals surface area contributed by atoms with Crippen molar-refractivity contribution in [3.8, 4) is 5.69 Å². The summed E-state index contributed by atoms with van der Waals surface area (Å²) >= 11 is 5.11.